The third-order valence-electron chi connectivity index (χ3n) is 5.77. The normalized spacial score (nSPS) is 20.8. The number of oxazole rings is 1. The van der Waals surface area contributed by atoms with Crippen LogP contribution < -0.4 is 20.9 Å². The topological polar surface area (TPSA) is 85.9 Å². The maximum absolute atomic E-state index is 11.6. The number of carbonyl (C=O) groups excluding carboxylic acids is 1. The van der Waals surface area contributed by atoms with Crippen molar-refractivity contribution in [2.75, 3.05) is 13.2 Å². The molecule has 3 heterocycles. The molecule has 168 valence electrons. The van der Waals surface area contributed by atoms with Crippen molar-refractivity contribution in [2.24, 2.45) is 11.0 Å². The van der Waals surface area contributed by atoms with Crippen LogP contribution in [0.3, 0.4) is 0 Å². The number of hydrazone groups is 1. The van der Waals surface area contributed by atoms with E-state index in [1.54, 1.807) is 0 Å². The quantitative estimate of drug-likeness (QED) is 0.754. The zero-order valence-electron chi connectivity index (χ0n) is 18.6. The molecule has 1 amide bonds. The van der Waals surface area contributed by atoms with Crippen molar-refractivity contribution < 1.29 is 18.7 Å². The van der Waals surface area contributed by atoms with Crippen LogP contribution in [0.2, 0.25) is 0 Å². The number of aromatic nitrogens is 1. The van der Waals surface area contributed by atoms with Gasteiger partial charge in [-0.2, -0.15) is 5.10 Å². The molecule has 1 aromatic carbocycles. The van der Waals surface area contributed by atoms with Gasteiger partial charge < -0.3 is 13.9 Å². The van der Waals surface area contributed by atoms with Crippen molar-refractivity contribution in [1.82, 2.24) is 10.4 Å². The molecule has 2 aliphatic rings. The number of benzene rings is 1. The van der Waals surface area contributed by atoms with Gasteiger partial charge in [-0.15, -0.1) is 0 Å². The fraction of sp³-hybridized carbons (Fsp3) is 0.400. The van der Waals surface area contributed by atoms with Gasteiger partial charge in [-0.1, -0.05) is 19.6 Å². The first-order chi connectivity index (χ1) is 15.6. The predicted octanol–water partition coefficient (Wildman–Crippen LogP) is 2.94. The number of rotatable bonds is 6. The second-order valence-corrected chi connectivity index (χ2v) is 8.02. The lowest BCUT2D eigenvalue weighted by Crippen LogP contribution is -2.33. The molecular weight excluding hydrogens is 406 g/mol. The molecule has 4 rings (SSSR count). The second-order valence-electron chi connectivity index (χ2n) is 8.02. The van der Waals surface area contributed by atoms with Crippen molar-refractivity contribution in [1.29, 1.82) is 0 Å². The average Bonchev–Trinajstić information content (AvgIpc) is 3.22. The van der Waals surface area contributed by atoms with Crippen LogP contribution in [0.4, 0.5) is 0 Å². The fourth-order valence-electron chi connectivity index (χ4n) is 3.92. The summed E-state index contributed by atoms with van der Waals surface area (Å²) in [6.07, 6.45) is 6.99. The molecule has 1 saturated heterocycles. The van der Waals surface area contributed by atoms with Crippen LogP contribution in [-0.2, 0) is 9.53 Å². The van der Waals surface area contributed by atoms with E-state index in [1.807, 2.05) is 50.3 Å². The molecule has 0 spiro atoms. The molecule has 0 saturated carbocycles. The van der Waals surface area contributed by atoms with Gasteiger partial charge in [-0.25, -0.2) is 10.4 Å². The Morgan fingerprint density at radius 1 is 1.28 bits per heavy atom. The molecule has 1 fully saturated rings. The van der Waals surface area contributed by atoms with E-state index in [-0.39, 0.29) is 17.9 Å². The van der Waals surface area contributed by atoms with Gasteiger partial charge in [0.2, 0.25) is 11.8 Å². The van der Waals surface area contributed by atoms with Gasteiger partial charge in [0, 0.05) is 30.7 Å². The third-order valence-corrected chi connectivity index (χ3v) is 5.77. The Morgan fingerprint density at radius 2 is 2.03 bits per heavy atom. The van der Waals surface area contributed by atoms with Crippen LogP contribution >= 0.6 is 0 Å². The number of nitrogens with one attached hydrogen (secondary N) is 1. The van der Waals surface area contributed by atoms with E-state index >= 15 is 0 Å². The first-order valence-electron chi connectivity index (χ1n) is 11.1. The van der Waals surface area contributed by atoms with Gasteiger partial charge in [0.1, 0.15) is 17.2 Å². The summed E-state index contributed by atoms with van der Waals surface area (Å²) in [5.74, 6) is 1.34. The lowest BCUT2D eigenvalue weighted by molar-refractivity contribution is -0.122. The highest BCUT2D eigenvalue weighted by molar-refractivity contribution is 6.10. The van der Waals surface area contributed by atoms with E-state index < -0.39 is 0 Å². The first-order valence-corrected chi connectivity index (χ1v) is 11.1. The van der Waals surface area contributed by atoms with Crippen LogP contribution in [-0.4, -0.2) is 35.9 Å². The van der Waals surface area contributed by atoms with Crippen molar-refractivity contribution >= 4 is 23.8 Å². The number of nitrogens with zero attached hydrogens (tertiary/aromatic N) is 2. The Morgan fingerprint density at radius 3 is 2.72 bits per heavy atom. The van der Waals surface area contributed by atoms with E-state index in [0.29, 0.717) is 23.3 Å². The Hall–Kier alpha value is -3.19. The summed E-state index contributed by atoms with van der Waals surface area (Å²) < 4.78 is 17.5. The van der Waals surface area contributed by atoms with Crippen LogP contribution in [0, 0.1) is 5.92 Å². The molecule has 7 nitrogen and oxygen atoms in total. The largest absolute Gasteiger partial charge is 0.490 e. The lowest BCUT2D eigenvalue weighted by Gasteiger charge is -2.23. The monoisotopic (exact) mass is 435 g/mol. The predicted molar refractivity (Wildman–Crippen MR) is 123 cm³/mol. The summed E-state index contributed by atoms with van der Waals surface area (Å²) in [4.78, 5) is 16.3. The maximum atomic E-state index is 11.6. The number of ether oxygens (including phenoxy) is 2. The molecule has 0 radical (unpaired) electrons. The minimum absolute atomic E-state index is 0.0484. The molecule has 32 heavy (non-hydrogen) atoms. The van der Waals surface area contributed by atoms with Gasteiger partial charge in [0.25, 0.3) is 0 Å². The second kappa shape index (κ2) is 9.96. The van der Waals surface area contributed by atoms with Crippen LogP contribution in [0.25, 0.3) is 23.6 Å². The van der Waals surface area contributed by atoms with E-state index in [1.165, 1.54) is 0 Å². The minimum Gasteiger partial charge on any atom is -0.490 e. The van der Waals surface area contributed by atoms with Crippen molar-refractivity contribution in [3.05, 3.63) is 47.2 Å². The number of amides is 1. The molecule has 1 aromatic heterocycles. The Bertz CT molecular complexity index is 1120. The number of carbonyl (C=O) groups is 1. The summed E-state index contributed by atoms with van der Waals surface area (Å²) in [6, 6.07) is 7.79. The number of allylic oxidation sites excluding steroid dienone is 1. The summed E-state index contributed by atoms with van der Waals surface area (Å²) in [5, 5.41) is 4.96. The molecule has 2 aromatic rings. The zero-order chi connectivity index (χ0) is 22.5. The van der Waals surface area contributed by atoms with Crippen molar-refractivity contribution in [2.45, 2.75) is 45.6 Å². The van der Waals surface area contributed by atoms with Crippen molar-refractivity contribution in [3.8, 4) is 17.2 Å². The van der Waals surface area contributed by atoms with Gasteiger partial charge in [0.05, 0.1) is 18.9 Å². The molecule has 2 aliphatic heterocycles. The van der Waals surface area contributed by atoms with E-state index in [9.17, 15) is 4.79 Å². The van der Waals surface area contributed by atoms with Crippen LogP contribution in [0.5, 0.6) is 5.75 Å². The van der Waals surface area contributed by atoms with Gasteiger partial charge in [0.15, 0.2) is 5.42 Å². The summed E-state index contributed by atoms with van der Waals surface area (Å²) in [6.45, 7) is 9.61. The number of hydrogen-bond donors (Lipinski definition) is 1. The summed E-state index contributed by atoms with van der Waals surface area (Å²) >= 11 is 0. The molecule has 1 unspecified atom stereocenters. The zero-order valence-corrected chi connectivity index (χ0v) is 18.6. The highest BCUT2D eigenvalue weighted by Gasteiger charge is 2.24. The Balaban J connectivity index is 1.55. The van der Waals surface area contributed by atoms with Crippen LogP contribution in [0.1, 0.15) is 39.5 Å². The van der Waals surface area contributed by atoms with Gasteiger partial charge >= 0.3 is 0 Å². The highest BCUT2D eigenvalue weighted by Crippen LogP contribution is 2.23. The lowest BCUT2D eigenvalue weighted by atomic mass is 9.90. The summed E-state index contributed by atoms with van der Waals surface area (Å²) in [7, 11) is 0. The van der Waals surface area contributed by atoms with Gasteiger partial charge in [-0.3, -0.25) is 4.79 Å². The Labute approximate surface area is 187 Å². The minimum atomic E-state index is -0.0674. The average molecular weight is 436 g/mol. The van der Waals surface area contributed by atoms with Crippen LogP contribution in [0.15, 0.2) is 45.9 Å². The molecule has 7 heteroatoms. The van der Waals surface area contributed by atoms with E-state index in [4.69, 9.17) is 13.9 Å². The summed E-state index contributed by atoms with van der Waals surface area (Å²) in [5.41, 5.74) is 5.53. The molecule has 1 N–H and O–H groups in total. The first kappa shape index (κ1) is 22.0. The van der Waals surface area contributed by atoms with Crippen molar-refractivity contribution in [3.63, 3.8) is 0 Å². The molecule has 0 aliphatic carbocycles. The van der Waals surface area contributed by atoms with E-state index in [0.717, 1.165) is 54.9 Å². The maximum Gasteiger partial charge on any atom is 0.240 e. The van der Waals surface area contributed by atoms with Gasteiger partial charge in [-0.05, 0) is 49.3 Å². The molecular formula is C25H29N3O4. The third kappa shape index (κ3) is 4.99. The smallest absolute Gasteiger partial charge is 0.240 e. The molecule has 0 bridgehead atoms. The standard InChI is InChI=1S/C25H29N3O4/c1-4-17-15-23(29)27-28-24(17)16(3)14-22-21(5-2)26-25(32-22)18-6-8-19(9-7-18)31-20-10-12-30-13-11-20/h5-9,14,17,20H,3-4,10-13,15H2,1-2H3,(H,27,29)/b21-5+,22-14+. The number of hydrogen-bond acceptors (Lipinski definition) is 6. The Kier molecular flexibility index (Phi) is 6.85. The van der Waals surface area contributed by atoms with E-state index in [2.05, 4.69) is 22.1 Å². The SMILES string of the molecule is C=C(/C=c1/oc(-c2ccc(OC3CCOCC3)cc2)n/c1=C/C)C1=NNC(=O)CC1CC. The fourth-order valence-corrected chi connectivity index (χ4v) is 3.92. The molecule has 1 atom stereocenters. The highest BCUT2D eigenvalue weighted by atomic mass is 16.5.